The molecule has 2 rings (SSSR count). The SMILES string of the molecule is CC[C@@H]1NC(=O)C([C@H](O)[C@H](C)CCOc2ccccc2)N(C)C(=O)[C@H](C(C)C)N(C)C(=O)[C@H](CC(C)C)N(C)C(=O)[C@H](CC(C)C)N(C)C(=O)[C@@H](C)NC(=O)[C@H](C)NC(=O)[C@H](CC(C)C)N(C)C(=O)[C@H](C(C)C)NC(=O)[C@H](CC(C)C)N(C)C(=O)CN(C)C1=O. The number of ether oxygens (including phenoxy) is 1. The number of benzene rings is 1. The van der Waals surface area contributed by atoms with Crippen molar-refractivity contribution in [2.75, 3.05) is 62.5 Å². The highest BCUT2D eigenvalue weighted by Crippen LogP contribution is 2.26. The minimum absolute atomic E-state index is 0.00139. The summed E-state index contributed by atoms with van der Waals surface area (Å²) in [6.45, 7) is 27.6. The highest BCUT2D eigenvalue weighted by Gasteiger charge is 2.46. The number of likely N-dealkylation sites (N-methyl/N-ethyl adjacent to an activating group) is 7. The number of hydrogen-bond acceptors (Lipinski definition) is 13. The van der Waals surface area contributed by atoms with Crippen molar-refractivity contribution >= 4 is 65.0 Å². The minimum atomic E-state index is -1.67. The fourth-order valence-corrected chi connectivity index (χ4v) is 11.2. The van der Waals surface area contributed by atoms with E-state index in [9.17, 15) is 38.7 Å². The van der Waals surface area contributed by atoms with Gasteiger partial charge in [0.2, 0.25) is 65.0 Å². The van der Waals surface area contributed by atoms with Crippen molar-refractivity contribution in [3.05, 3.63) is 30.3 Å². The summed E-state index contributed by atoms with van der Waals surface area (Å²) in [5.41, 5.74) is 0. The van der Waals surface area contributed by atoms with Crippen LogP contribution in [0.3, 0.4) is 0 Å². The lowest BCUT2D eigenvalue weighted by molar-refractivity contribution is -0.157. The smallest absolute Gasteiger partial charge is 0.246 e. The molecule has 1 aromatic carbocycles. The van der Waals surface area contributed by atoms with Crippen LogP contribution in [0.1, 0.15) is 149 Å². The summed E-state index contributed by atoms with van der Waals surface area (Å²) in [7, 11) is 9.89. The van der Waals surface area contributed by atoms with E-state index in [-0.39, 0.29) is 68.8 Å². The van der Waals surface area contributed by atoms with Crippen LogP contribution in [-0.2, 0) is 52.7 Å². The Labute approximate surface area is 537 Å². The van der Waals surface area contributed by atoms with Gasteiger partial charge in [-0.1, -0.05) is 115 Å². The lowest BCUT2D eigenvalue weighted by atomic mass is 9.91. The van der Waals surface area contributed by atoms with Gasteiger partial charge in [-0.15, -0.1) is 0 Å². The Morgan fingerprint density at radius 1 is 0.467 bits per heavy atom. The van der Waals surface area contributed by atoms with Crippen LogP contribution in [0.5, 0.6) is 5.75 Å². The van der Waals surface area contributed by atoms with Crippen molar-refractivity contribution < 1.29 is 62.6 Å². The van der Waals surface area contributed by atoms with Gasteiger partial charge in [0.25, 0.3) is 0 Å². The zero-order valence-electron chi connectivity index (χ0n) is 58.4. The Balaban J connectivity index is 2.97. The topological polar surface area (TPSA) is 288 Å². The molecule has 1 aliphatic rings. The van der Waals surface area contributed by atoms with Crippen LogP contribution in [0.25, 0.3) is 0 Å². The average molecular weight is 1270 g/mol. The number of nitrogens with zero attached hydrogens (tertiary/aromatic N) is 7. The molecule has 5 N–H and O–H groups in total. The zero-order valence-corrected chi connectivity index (χ0v) is 58.4. The van der Waals surface area contributed by atoms with E-state index >= 15 is 19.2 Å². The molecule has 1 heterocycles. The van der Waals surface area contributed by atoms with Crippen molar-refractivity contribution in [1.29, 1.82) is 0 Å². The van der Waals surface area contributed by atoms with Crippen LogP contribution in [0, 0.1) is 41.4 Å². The van der Waals surface area contributed by atoms with Crippen molar-refractivity contribution in [2.45, 2.75) is 216 Å². The Kier molecular flexibility index (Phi) is 31.9. The molecule has 90 heavy (non-hydrogen) atoms. The van der Waals surface area contributed by atoms with Gasteiger partial charge in [-0.3, -0.25) is 52.7 Å². The second kappa shape index (κ2) is 36.3. The van der Waals surface area contributed by atoms with Crippen LogP contribution in [-0.4, -0.2) is 233 Å². The quantitative estimate of drug-likeness (QED) is 0.149. The fourth-order valence-electron chi connectivity index (χ4n) is 11.2. The van der Waals surface area contributed by atoms with E-state index in [4.69, 9.17) is 4.74 Å². The second-order valence-corrected chi connectivity index (χ2v) is 27.2. The van der Waals surface area contributed by atoms with Gasteiger partial charge in [-0.25, -0.2) is 0 Å². The number of aliphatic hydroxyl groups excluding tert-OH is 1. The van der Waals surface area contributed by atoms with E-state index < -0.39 is 156 Å². The van der Waals surface area contributed by atoms with Gasteiger partial charge in [-0.2, -0.15) is 0 Å². The third-order valence-corrected chi connectivity index (χ3v) is 16.9. The van der Waals surface area contributed by atoms with E-state index in [1.54, 1.807) is 53.7 Å². The third-order valence-electron chi connectivity index (χ3n) is 16.9. The molecule has 0 saturated carbocycles. The Hall–Kier alpha value is -6.85. The molecule has 0 spiro atoms. The lowest BCUT2D eigenvalue weighted by Gasteiger charge is -2.41. The number of rotatable bonds is 17. The van der Waals surface area contributed by atoms with Gasteiger partial charge in [0.05, 0.1) is 19.3 Å². The number of hydrogen-bond donors (Lipinski definition) is 5. The first-order valence-corrected chi connectivity index (χ1v) is 32.1. The Bertz CT molecular complexity index is 2580. The first-order chi connectivity index (χ1) is 41.7. The first-order valence-electron chi connectivity index (χ1n) is 32.1. The van der Waals surface area contributed by atoms with Gasteiger partial charge in [0.1, 0.15) is 66.2 Å². The summed E-state index contributed by atoms with van der Waals surface area (Å²) in [4.78, 5) is 170. The predicted octanol–water partition coefficient (Wildman–Crippen LogP) is 3.77. The van der Waals surface area contributed by atoms with Gasteiger partial charge in [0, 0.05) is 49.3 Å². The number of amides is 11. The van der Waals surface area contributed by atoms with E-state index in [1.165, 1.54) is 87.7 Å². The lowest BCUT2D eigenvalue weighted by Crippen LogP contribution is -2.63. The molecule has 510 valence electrons. The van der Waals surface area contributed by atoms with Crippen LogP contribution >= 0.6 is 0 Å². The second-order valence-electron chi connectivity index (χ2n) is 27.2. The van der Waals surface area contributed by atoms with E-state index in [0.29, 0.717) is 5.75 Å². The number of para-hydroxylation sites is 1. The van der Waals surface area contributed by atoms with Gasteiger partial charge in [-0.05, 0) is 106 Å². The first kappa shape index (κ1) is 79.2. The molecular formula is C66H113N11O13. The predicted molar refractivity (Wildman–Crippen MR) is 346 cm³/mol. The summed E-state index contributed by atoms with van der Waals surface area (Å²) in [6, 6.07) is -3.54. The maximum Gasteiger partial charge on any atom is 0.246 e. The van der Waals surface area contributed by atoms with Crippen molar-refractivity contribution in [3.8, 4) is 5.75 Å². The molecule has 1 saturated heterocycles. The Morgan fingerprint density at radius 3 is 1.38 bits per heavy atom. The van der Waals surface area contributed by atoms with Crippen LogP contribution < -0.4 is 26.0 Å². The van der Waals surface area contributed by atoms with E-state index in [1.807, 2.05) is 73.6 Å². The maximum atomic E-state index is 15.3. The number of carbonyl (C=O) groups is 11. The Morgan fingerprint density at radius 2 is 0.900 bits per heavy atom. The highest BCUT2D eigenvalue weighted by atomic mass is 16.5. The standard InChI is InChI=1S/C66H113N11O13/c1-24-47-62(85)71(17)36-52(78)72(18)48(32-37(2)3)59(82)70-53(41(10)11)65(88)73(19)49(33-38(4)5)58(81)67-44(15)57(80)68-45(16)61(84)74(20)50(34-39(6)7)63(86)75(21)51(35-40(8)9)64(87)76(22)54(42(12)13)66(89)77(23)55(60(83)69-47)56(79)43(14)30-31-90-46-28-26-25-27-29-46/h25-29,37-45,47-51,53-56,79H,24,30-36H2,1-23H3,(H,67,81)(H,68,80)(H,69,83)(H,70,82)/t43-,44+,45-,47+,48+,49+,50+,51+,53+,54+,55?,56-/m1/s1. The van der Waals surface area contributed by atoms with Crippen molar-refractivity contribution in [2.24, 2.45) is 41.4 Å². The number of aliphatic hydroxyl groups is 1. The molecule has 0 aromatic heterocycles. The molecule has 0 radical (unpaired) electrons. The van der Waals surface area contributed by atoms with Crippen LogP contribution in [0.15, 0.2) is 30.3 Å². The van der Waals surface area contributed by atoms with Crippen LogP contribution in [0.4, 0.5) is 0 Å². The molecular weight excluding hydrogens is 1150 g/mol. The molecule has 1 unspecified atom stereocenters. The molecule has 1 aliphatic heterocycles. The summed E-state index contributed by atoms with van der Waals surface area (Å²) in [6.07, 6.45) is -0.783. The third kappa shape index (κ3) is 22.2. The summed E-state index contributed by atoms with van der Waals surface area (Å²) < 4.78 is 5.95. The molecule has 0 bridgehead atoms. The summed E-state index contributed by atoms with van der Waals surface area (Å²) >= 11 is 0. The van der Waals surface area contributed by atoms with Gasteiger partial charge < -0.3 is 65.4 Å². The van der Waals surface area contributed by atoms with Gasteiger partial charge in [0.15, 0.2) is 0 Å². The monoisotopic (exact) mass is 1270 g/mol. The van der Waals surface area contributed by atoms with Gasteiger partial charge >= 0.3 is 0 Å². The number of nitrogens with one attached hydrogen (secondary N) is 4. The number of carbonyl (C=O) groups excluding carboxylic acids is 11. The fraction of sp³-hybridized carbons (Fsp3) is 0.742. The molecule has 24 nitrogen and oxygen atoms in total. The normalized spacial score (nSPS) is 25.9. The summed E-state index contributed by atoms with van der Waals surface area (Å²) in [5.74, 6) is -9.44. The highest BCUT2D eigenvalue weighted by molar-refractivity contribution is 5.99. The molecule has 1 fully saturated rings. The molecule has 1 aromatic rings. The van der Waals surface area contributed by atoms with E-state index in [0.717, 1.165) is 9.80 Å². The summed E-state index contributed by atoms with van der Waals surface area (Å²) in [5, 5.41) is 23.3. The maximum absolute atomic E-state index is 15.3. The van der Waals surface area contributed by atoms with Crippen LogP contribution in [0.2, 0.25) is 0 Å². The van der Waals surface area contributed by atoms with Crippen molar-refractivity contribution in [1.82, 2.24) is 55.6 Å². The molecule has 11 amide bonds. The molecule has 24 heteroatoms. The largest absolute Gasteiger partial charge is 0.494 e. The molecule has 0 aliphatic carbocycles. The average Bonchev–Trinajstić information content (AvgIpc) is 0.874. The van der Waals surface area contributed by atoms with E-state index in [2.05, 4.69) is 21.3 Å². The molecule has 12 atom stereocenters. The van der Waals surface area contributed by atoms with Crippen molar-refractivity contribution in [3.63, 3.8) is 0 Å². The minimum Gasteiger partial charge on any atom is -0.494 e. The zero-order chi connectivity index (χ0) is 69.1.